The molecular formula is C14H16N2O4. The van der Waals surface area contributed by atoms with Gasteiger partial charge >= 0.3 is 12.1 Å². The molecule has 1 heterocycles. The van der Waals surface area contributed by atoms with Gasteiger partial charge in [-0.1, -0.05) is 0 Å². The van der Waals surface area contributed by atoms with Crippen molar-refractivity contribution in [1.29, 1.82) is 0 Å². The highest BCUT2D eigenvalue weighted by Crippen LogP contribution is 2.25. The second-order valence-electron chi connectivity index (χ2n) is 5.39. The lowest BCUT2D eigenvalue weighted by molar-refractivity contribution is 0.0634. The summed E-state index contributed by atoms with van der Waals surface area (Å²) in [5, 5.41) is 12.2. The third kappa shape index (κ3) is 3.09. The third-order valence-electron chi connectivity index (χ3n) is 2.56. The van der Waals surface area contributed by atoms with Crippen molar-refractivity contribution >= 4 is 28.7 Å². The van der Waals surface area contributed by atoms with Crippen molar-refractivity contribution < 1.29 is 19.4 Å². The summed E-state index contributed by atoms with van der Waals surface area (Å²) in [6.07, 6.45) is 1.01. The summed E-state index contributed by atoms with van der Waals surface area (Å²) in [4.78, 5) is 25.6. The zero-order valence-corrected chi connectivity index (χ0v) is 11.5. The number of benzene rings is 1. The van der Waals surface area contributed by atoms with E-state index in [-0.39, 0.29) is 5.56 Å². The fourth-order valence-corrected chi connectivity index (χ4v) is 1.77. The van der Waals surface area contributed by atoms with E-state index in [9.17, 15) is 9.59 Å². The molecule has 0 bridgehead atoms. The molecule has 0 fully saturated rings. The van der Waals surface area contributed by atoms with Gasteiger partial charge in [0.1, 0.15) is 5.60 Å². The molecule has 0 saturated heterocycles. The molecule has 20 heavy (non-hydrogen) atoms. The van der Waals surface area contributed by atoms with Crippen LogP contribution in [0, 0.1) is 0 Å². The number of carbonyl (C=O) groups excluding carboxylic acids is 1. The molecule has 0 radical (unpaired) electrons. The average Bonchev–Trinajstić information content (AvgIpc) is 2.69. The molecule has 2 rings (SSSR count). The summed E-state index contributed by atoms with van der Waals surface area (Å²) in [5.74, 6) is -1.02. The first-order chi connectivity index (χ1) is 9.26. The van der Waals surface area contributed by atoms with Crippen LogP contribution in [-0.2, 0) is 4.74 Å². The molecule has 0 saturated carbocycles. The highest BCUT2D eigenvalue weighted by molar-refractivity contribution is 6.02. The van der Waals surface area contributed by atoms with Gasteiger partial charge in [-0.15, -0.1) is 0 Å². The van der Waals surface area contributed by atoms with Crippen molar-refractivity contribution in [2.24, 2.45) is 0 Å². The van der Waals surface area contributed by atoms with Gasteiger partial charge in [-0.2, -0.15) is 0 Å². The number of rotatable bonds is 2. The average molecular weight is 276 g/mol. The van der Waals surface area contributed by atoms with Crippen molar-refractivity contribution in [2.45, 2.75) is 26.4 Å². The number of amides is 1. The number of carboxylic acids is 1. The van der Waals surface area contributed by atoms with Crippen molar-refractivity contribution in [1.82, 2.24) is 4.98 Å². The molecule has 3 N–H and O–H groups in total. The second kappa shape index (κ2) is 4.88. The lowest BCUT2D eigenvalue weighted by Gasteiger charge is -2.19. The first-order valence-electron chi connectivity index (χ1n) is 6.11. The maximum Gasteiger partial charge on any atom is 0.412 e. The summed E-state index contributed by atoms with van der Waals surface area (Å²) in [6.45, 7) is 5.30. The minimum atomic E-state index is -1.02. The lowest BCUT2D eigenvalue weighted by atomic mass is 10.1. The molecule has 0 spiro atoms. The minimum Gasteiger partial charge on any atom is -0.478 e. The first-order valence-corrected chi connectivity index (χ1v) is 6.11. The first kappa shape index (κ1) is 13.9. The molecule has 6 nitrogen and oxygen atoms in total. The minimum absolute atomic E-state index is 0.157. The number of carbonyl (C=O) groups is 2. The van der Waals surface area contributed by atoms with Gasteiger partial charge in [0.2, 0.25) is 0 Å². The normalized spacial score (nSPS) is 11.3. The van der Waals surface area contributed by atoms with Gasteiger partial charge in [-0.25, -0.2) is 9.59 Å². The van der Waals surface area contributed by atoms with E-state index >= 15 is 0 Å². The Kier molecular flexibility index (Phi) is 3.40. The molecule has 1 aromatic heterocycles. The number of H-pyrrole nitrogens is 1. The predicted octanol–water partition coefficient (Wildman–Crippen LogP) is 3.21. The van der Waals surface area contributed by atoms with Gasteiger partial charge in [-0.3, -0.25) is 5.32 Å². The van der Waals surface area contributed by atoms with Crippen molar-refractivity contribution in [3.05, 3.63) is 30.0 Å². The molecule has 0 unspecified atom stereocenters. The third-order valence-corrected chi connectivity index (χ3v) is 2.56. The highest BCUT2D eigenvalue weighted by atomic mass is 16.6. The van der Waals surface area contributed by atoms with E-state index in [1.165, 1.54) is 12.1 Å². The van der Waals surface area contributed by atoms with E-state index in [4.69, 9.17) is 9.84 Å². The maximum absolute atomic E-state index is 11.7. The smallest absolute Gasteiger partial charge is 0.412 e. The standard InChI is InChI=1S/C14H16N2O4/c1-14(2,3)20-13(19)16-11-7-15-10-5-4-8(12(17)18)6-9(10)11/h4-7,15H,1-3H3,(H,16,19)(H,17,18). The molecule has 2 aromatic rings. The Morgan fingerprint density at radius 2 is 2.00 bits per heavy atom. The molecule has 106 valence electrons. The second-order valence-corrected chi connectivity index (χ2v) is 5.39. The Morgan fingerprint density at radius 3 is 2.60 bits per heavy atom. The van der Waals surface area contributed by atoms with Crippen LogP contribution in [0.5, 0.6) is 0 Å². The van der Waals surface area contributed by atoms with Crippen LogP contribution < -0.4 is 5.32 Å². The molecule has 0 aliphatic carbocycles. The summed E-state index contributed by atoms with van der Waals surface area (Å²) >= 11 is 0. The Hall–Kier alpha value is -2.50. The Balaban J connectivity index is 2.28. The highest BCUT2D eigenvalue weighted by Gasteiger charge is 2.17. The van der Waals surface area contributed by atoms with E-state index in [1.54, 1.807) is 33.0 Å². The Morgan fingerprint density at radius 1 is 1.30 bits per heavy atom. The van der Waals surface area contributed by atoms with E-state index in [1.807, 2.05) is 0 Å². The molecule has 1 amide bonds. The van der Waals surface area contributed by atoms with Gasteiger partial charge in [-0.05, 0) is 39.0 Å². The van der Waals surface area contributed by atoms with Gasteiger partial charge in [0, 0.05) is 17.1 Å². The number of hydrogen-bond acceptors (Lipinski definition) is 3. The van der Waals surface area contributed by atoms with Crippen molar-refractivity contribution in [2.75, 3.05) is 5.32 Å². The van der Waals surface area contributed by atoms with Crippen LogP contribution in [0.3, 0.4) is 0 Å². The molecule has 0 aliphatic heterocycles. The number of aromatic carboxylic acids is 1. The lowest BCUT2D eigenvalue weighted by Crippen LogP contribution is -2.27. The monoisotopic (exact) mass is 276 g/mol. The van der Waals surface area contributed by atoms with Gasteiger partial charge in [0.05, 0.1) is 11.3 Å². The van der Waals surface area contributed by atoms with Crippen LogP contribution in [0.15, 0.2) is 24.4 Å². The van der Waals surface area contributed by atoms with Crippen LogP contribution >= 0.6 is 0 Å². The van der Waals surface area contributed by atoms with E-state index < -0.39 is 17.7 Å². The van der Waals surface area contributed by atoms with Crippen molar-refractivity contribution in [3.8, 4) is 0 Å². The fraction of sp³-hybridized carbons (Fsp3) is 0.286. The summed E-state index contributed by atoms with van der Waals surface area (Å²) in [5.41, 5.74) is 0.783. The number of nitrogens with one attached hydrogen (secondary N) is 2. The van der Waals surface area contributed by atoms with Gasteiger partial charge in [0.25, 0.3) is 0 Å². The predicted molar refractivity (Wildman–Crippen MR) is 75.1 cm³/mol. The zero-order chi connectivity index (χ0) is 14.9. The molecule has 6 heteroatoms. The SMILES string of the molecule is CC(C)(C)OC(=O)Nc1c[nH]c2ccc(C(=O)O)cc12. The van der Waals surface area contributed by atoms with Crippen LogP contribution in [0.2, 0.25) is 0 Å². The Bertz CT molecular complexity index is 667. The number of fused-ring (bicyclic) bond motifs is 1. The number of aromatic amines is 1. The van der Waals surface area contributed by atoms with Gasteiger partial charge < -0.3 is 14.8 Å². The number of ether oxygens (including phenoxy) is 1. The van der Waals surface area contributed by atoms with E-state index in [2.05, 4.69) is 10.3 Å². The van der Waals surface area contributed by atoms with Gasteiger partial charge in [0.15, 0.2) is 0 Å². The van der Waals surface area contributed by atoms with E-state index in [0.29, 0.717) is 11.1 Å². The van der Waals surface area contributed by atoms with Crippen molar-refractivity contribution in [3.63, 3.8) is 0 Å². The molecule has 0 aliphatic rings. The van der Waals surface area contributed by atoms with Crippen LogP contribution in [0.1, 0.15) is 31.1 Å². The molecule has 1 aromatic carbocycles. The number of hydrogen-bond donors (Lipinski definition) is 3. The topological polar surface area (TPSA) is 91.4 Å². The maximum atomic E-state index is 11.7. The number of carboxylic acid groups (broad SMARTS) is 1. The molecule has 0 atom stereocenters. The van der Waals surface area contributed by atoms with Crippen LogP contribution in [-0.4, -0.2) is 27.8 Å². The zero-order valence-electron chi connectivity index (χ0n) is 11.5. The largest absolute Gasteiger partial charge is 0.478 e. The van der Waals surface area contributed by atoms with Crippen LogP contribution in [0.4, 0.5) is 10.5 Å². The Labute approximate surface area is 115 Å². The number of anilines is 1. The summed E-state index contributed by atoms with van der Waals surface area (Å²) in [7, 11) is 0. The molecular weight excluding hydrogens is 260 g/mol. The fourth-order valence-electron chi connectivity index (χ4n) is 1.77. The number of aromatic nitrogens is 1. The summed E-state index contributed by atoms with van der Waals surface area (Å²) in [6, 6.07) is 4.65. The van der Waals surface area contributed by atoms with Crippen LogP contribution in [0.25, 0.3) is 10.9 Å². The van der Waals surface area contributed by atoms with E-state index in [0.717, 1.165) is 5.52 Å². The quantitative estimate of drug-likeness (QED) is 0.785. The summed E-state index contributed by atoms with van der Waals surface area (Å²) < 4.78 is 5.16.